The molecule has 2 atom stereocenters. The van der Waals surface area contributed by atoms with Crippen molar-refractivity contribution in [2.24, 2.45) is 5.92 Å². The molecule has 0 saturated heterocycles. The first-order valence-electron chi connectivity index (χ1n) is 7.67. The molecule has 108 valence electrons. The minimum absolute atomic E-state index is 0.728. The van der Waals surface area contributed by atoms with Crippen LogP contribution >= 0.6 is 0 Å². The number of nitrogens with one attached hydrogen (secondary N) is 1. The Balaban J connectivity index is 1.84. The maximum absolute atomic E-state index is 5.87. The first-order valence-corrected chi connectivity index (χ1v) is 7.67. The summed E-state index contributed by atoms with van der Waals surface area (Å²) in [5, 5.41) is 3.29. The van der Waals surface area contributed by atoms with Crippen LogP contribution in [0.4, 0.5) is 0 Å². The van der Waals surface area contributed by atoms with E-state index in [1.54, 1.807) is 0 Å². The molecule has 1 N–H and O–H groups in total. The van der Waals surface area contributed by atoms with Crippen molar-refractivity contribution in [3.05, 3.63) is 23.7 Å². The van der Waals surface area contributed by atoms with Gasteiger partial charge in [-0.3, -0.25) is 4.90 Å². The minimum Gasteiger partial charge on any atom is -0.463 e. The van der Waals surface area contributed by atoms with Gasteiger partial charge in [0.25, 0.3) is 0 Å². The molecule has 1 aliphatic rings. The molecule has 3 nitrogen and oxygen atoms in total. The Morgan fingerprint density at radius 2 is 2.11 bits per heavy atom. The molecule has 0 aromatic carbocycles. The summed E-state index contributed by atoms with van der Waals surface area (Å²) in [5.74, 6) is 3.01. The molecule has 0 bridgehead atoms. The molecule has 0 amide bonds. The van der Waals surface area contributed by atoms with E-state index in [0.29, 0.717) is 0 Å². The van der Waals surface area contributed by atoms with Gasteiger partial charge in [-0.05, 0) is 44.5 Å². The molecular weight excluding hydrogens is 236 g/mol. The van der Waals surface area contributed by atoms with E-state index in [2.05, 4.69) is 43.2 Å². The lowest BCUT2D eigenvalue weighted by Gasteiger charge is -2.33. The first-order chi connectivity index (χ1) is 9.19. The molecule has 1 saturated carbocycles. The standard InChI is InChI=1S/C16H28N2O/c1-4-17-11-15-8-9-16(19-15)12-18(3)14-7-5-6-13(2)10-14/h8-9,13-14,17H,4-7,10-12H2,1-3H3. The van der Waals surface area contributed by atoms with Crippen LogP contribution in [0.25, 0.3) is 0 Å². The van der Waals surface area contributed by atoms with Gasteiger partial charge in [-0.15, -0.1) is 0 Å². The molecule has 0 aliphatic heterocycles. The van der Waals surface area contributed by atoms with E-state index >= 15 is 0 Å². The number of hydrogen-bond acceptors (Lipinski definition) is 3. The smallest absolute Gasteiger partial charge is 0.118 e. The Morgan fingerprint density at radius 1 is 1.32 bits per heavy atom. The normalized spacial score (nSPS) is 24.0. The largest absolute Gasteiger partial charge is 0.463 e. The van der Waals surface area contributed by atoms with Crippen LogP contribution in [0.3, 0.4) is 0 Å². The number of rotatable bonds is 6. The third-order valence-electron chi connectivity index (χ3n) is 4.20. The zero-order valence-electron chi connectivity index (χ0n) is 12.6. The monoisotopic (exact) mass is 264 g/mol. The summed E-state index contributed by atoms with van der Waals surface area (Å²) in [5.41, 5.74) is 0. The lowest BCUT2D eigenvalue weighted by atomic mass is 9.86. The summed E-state index contributed by atoms with van der Waals surface area (Å²) in [6.07, 6.45) is 5.45. The van der Waals surface area contributed by atoms with E-state index in [0.717, 1.165) is 43.1 Å². The highest BCUT2D eigenvalue weighted by atomic mass is 16.3. The zero-order valence-corrected chi connectivity index (χ0v) is 12.6. The predicted octanol–water partition coefficient (Wildman–Crippen LogP) is 3.40. The van der Waals surface area contributed by atoms with Crippen LogP contribution in [0.5, 0.6) is 0 Å². The van der Waals surface area contributed by atoms with Gasteiger partial charge in [0.05, 0.1) is 13.1 Å². The fourth-order valence-corrected chi connectivity index (χ4v) is 3.03. The molecule has 2 unspecified atom stereocenters. The second-order valence-corrected chi connectivity index (χ2v) is 5.99. The molecule has 0 radical (unpaired) electrons. The van der Waals surface area contributed by atoms with Gasteiger partial charge in [-0.1, -0.05) is 26.7 Å². The van der Waals surface area contributed by atoms with Crippen LogP contribution in [-0.2, 0) is 13.1 Å². The highest BCUT2D eigenvalue weighted by Gasteiger charge is 2.22. The van der Waals surface area contributed by atoms with E-state index in [4.69, 9.17) is 4.42 Å². The summed E-state index contributed by atoms with van der Waals surface area (Å²) in [7, 11) is 2.23. The van der Waals surface area contributed by atoms with Crippen LogP contribution in [0.15, 0.2) is 16.5 Å². The Hall–Kier alpha value is -0.800. The summed E-state index contributed by atoms with van der Waals surface area (Å²) < 4.78 is 5.87. The maximum Gasteiger partial charge on any atom is 0.118 e. The van der Waals surface area contributed by atoms with Gasteiger partial charge in [0.15, 0.2) is 0 Å². The molecule has 0 spiro atoms. The highest BCUT2D eigenvalue weighted by Crippen LogP contribution is 2.27. The van der Waals surface area contributed by atoms with E-state index < -0.39 is 0 Å². The fraction of sp³-hybridized carbons (Fsp3) is 0.750. The van der Waals surface area contributed by atoms with Crippen LogP contribution < -0.4 is 5.32 Å². The maximum atomic E-state index is 5.87. The Bertz CT molecular complexity index is 375. The van der Waals surface area contributed by atoms with Gasteiger partial charge in [-0.2, -0.15) is 0 Å². The van der Waals surface area contributed by atoms with Crippen molar-refractivity contribution in [2.45, 2.75) is 58.7 Å². The summed E-state index contributed by atoms with van der Waals surface area (Å²) in [4.78, 5) is 2.46. The van der Waals surface area contributed by atoms with E-state index in [-0.39, 0.29) is 0 Å². The van der Waals surface area contributed by atoms with Gasteiger partial charge >= 0.3 is 0 Å². The SMILES string of the molecule is CCNCc1ccc(CN(C)C2CCCC(C)C2)o1. The average Bonchev–Trinajstić information content (AvgIpc) is 2.84. The van der Waals surface area contributed by atoms with Crippen LogP contribution in [0.1, 0.15) is 51.1 Å². The number of hydrogen-bond donors (Lipinski definition) is 1. The van der Waals surface area contributed by atoms with Crippen molar-refractivity contribution in [3.8, 4) is 0 Å². The first kappa shape index (κ1) is 14.6. The zero-order chi connectivity index (χ0) is 13.7. The van der Waals surface area contributed by atoms with E-state index in [1.807, 2.05) is 0 Å². The predicted molar refractivity (Wildman–Crippen MR) is 79.0 cm³/mol. The molecule has 1 aromatic rings. The van der Waals surface area contributed by atoms with Crippen molar-refractivity contribution < 1.29 is 4.42 Å². The van der Waals surface area contributed by atoms with Crippen molar-refractivity contribution in [1.29, 1.82) is 0 Å². The Labute approximate surface area is 117 Å². The van der Waals surface area contributed by atoms with Crippen molar-refractivity contribution in [2.75, 3.05) is 13.6 Å². The van der Waals surface area contributed by atoms with E-state index in [1.165, 1.54) is 25.7 Å². The molecular formula is C16H28N2O. The second-order valence-electron chi connectivity index (χ2n) is 5.99. The average molecular weight is 264 g/mol. The number of furan rings is 1. The lowest BCUT2D eigenvalue weighted by molar-refractivity contribution is 0.148. The topological polar surface area (TPSA) is 28.4 Å². The van der Waals surface area contributed by atoms with Gasteiger partial charge < -0.3 is 9.73 Å². The van der Waals surface area contributed by atoms with Gasteiger partial charge in [-0.25, -0.2) is 0 Å². The van der Waals surface area contributed by atoms with Crippen LogP contribution in [-0.4, -0.2) is 24.5 Å². The fourth-order valence-electron chi connectivity index (χ4n) is 3.03. The summed E-state index contributed by atoms with van der Waals surface area (Å²) in [6, 6.07) is 4.94. The number of nitrogens with zero attached hydrogens (tertiary/aromatic N) is 1. The third-order valence-corrected chi connectivity index (χ3v) is 4.20. The summed E-state index contributed by atoms with van der Waals surface area (Å²) in [6.45, 7) is 7.24. The second kappa shape index (κ2) is 7.11. The molecule has 1 heterocycles. The molecule has 1 aliphatic carbocycles. The quantitative estimate of drug-likeness (QED) is 0.853. The molecule has 1 aromatic heterocycles. The van der Waals surface area contributed by atoms with Gasteiger partial charge in [0, 0.05) is 6.04 Å². The Kier molecular flexibility index (Phi) is 5.46. The van der Waals surface area contributed by atoms with Gasteiger partial charge in [0.1, 0.15) is 11.5 Å². The Morgan fingerprint density at radius 3 is 2.84 bits per heavy atom. The molecule has 19 heavy (non-hydrogen) atoms. The highest BCUT2D eigenvalue weighted by molar-refractivity contribution is 5.07. The molecule has 2 rings (SSSR count). The minimum atomic E-state index is 0.728. The third kappa shape index (κ3) is 4.36. The van der Waals surface area contributed by atoms with E-state index in [9.17, 15) is 0 Å². The lowest BCUT2D eigenvalue weighted by Crippen LogP contribution is -2.34. The molecule has 1 fully saturated rings. The van der Waals surface area contributed by atoms with Crippen LogP contribution in [0, 0.1) is 5.92 Å². The van der Waals surface area contributed by atoms with Crippen molar-refractivity contribution in [1.82, 2.24) is 10.2 Å². The molecule has 3 heteroatoms. The van der Waals surface area contributed by atoms with Gasteiger partial charge in [0.2, 0.25) is 0 Å². The van der Waals surface area contributed by atoms with Crippen molar-refractivity contribution >= 4 is 0 Å². The van der Waals surface area contributed by atoms with Crippen LogP contribution in [0.2, 0.25) is 0 Å². The summed E-state index contributed by atoms with van der Waals surface area (Å²) >= 11 is 0. The van der Waals surface area contributed by atoms with Crippen molar-refractivity contribution in [3.63, 3.8) is 0 Å².